The van der Waals surface area contributed by atoms with Crippen LogP contribution in [0.15, 0.2) is 52.3 Å². The first-order valence-corrected chi connectivity index (χ1v) is 9.38. The quantitative estimate of drug-likeness (QED) is 0.760. The van der Waals surface area contributed by atoms with Gasteiger partial charge in [0, 0.05) is 42.0 Å². The maximum absolute atomic E-state index is 6.49. The molecule has 0 bridgehead atoms. The molecule has 1 fully saturated rings. The van der Waals surface area contributed by atoms with E-state index in [0.717, 1.165) is 37.6 Å². The predicted octanol–water partition coefficient (Wildman–Crippen LogP) is 4.34. The summed E-state index contributed by atoms with van der Waals surface area (Å²) >= 11 is 8.32. The lowest BCUT2D eigenvalue weighted by Gasteiger charge is -2.38. The molecule has 23 heavy (non-hydrogen) atoms. The minimum atomic E-state index is 0.451. The van der Waals surface area contributed by atoms with Crippen molar-refractivity contribution in [1.29, 1.82) is 0 Å². The van der Waals surface area contributed by atoms with Crippen molar-refractivity contribution in [2.24, 2.45) is 0 Å². The minimum Gasteiger partial charge on any atom is -0.304 e. The van der Waals surface area contributed by atoms with Gasteiger partial charge in [0.2, 0.25) is 0 Å². The topological polar surface area (TPSA) is 6.48 Å². The van der Waals surface area contributed by atoms with Crippen molar-refractivity contribution in [2.75, 3.05) is 33.2 Å². The van der Waals surface area contributed by atoms with E-state index in [1.54, 1.807) is 0 Å². The lowest BCUT2D eigenvalue weighted by atomic mass is 9.96. The standard InChI is InChI=1S/C19H21ClN2S/c1-21-9-11-22(12-10-21)17-13-14-5-4-7-16(20)19(14)23-18-8-3-2-6-15(17)18/h2-8,17H,9-13H2,1H3. The van der Waals surface area contributed by atoms with Crippen LogP contribution in [0.4, 0.5) is 0 Å². The molecular formula is C19H21ClN2S. The maximum atomic E-state index is 6.49. The number of rotatable bonds is 1. The Morgan fingerprint density at radius 3 is 2.61 bits per heavy atom. The summed E-state index contributed by atoms with van der Waals surface area (Å²) < 4.78 is 0. The van der Waals surface area contributed by atoms with Gasteiger partial charge in [-0.2, -0.15) is 0 Å². The number of halogens is 1. The molecule has 1 atom stereocenters. The second-order valence-corrected chi connectivity index (χ2v) is 7.89. The van der Waals surface area contributed by atoms with Crippen molar-refractivity contribution < 1.29 is 0 Å². The highest BCUT2D eigenvalue weighted by Gasteiger charge is 2.29. The van der Waals surface area contributed by atoms with Crippen LogP contribution in [0.2, 0.25) is 5.02 Å². The molecule has 0 saturated carbocycles. The lowest BCUT2D eigenvalue weighted by Crippen LogP contribution is -2.46. The van der Waals surface area contributed by atoms with E-state index in [0.29, 0.717) is 6.04 Å². The molecule has 0 aliphatic carbocycles. The summed E-state index contributed by atoms with van der Waals surface area (Å²) in [4.78, 5) is 7.65. The number of likely N-dealkylation sites (N-methyl/N-ethyl adjacent to an activating group) is 1. The molecule has 4 rings (SSSR count). The molecule has 2 nitrogen and oxygen atoms in total. The Labute approximate surface area is 147 Å². The molecule has 0 N–H and O–H groups in total. The van der Waals surface area contributed by atoms with Crippen LogP contribution >= 0.6 is 23.4 Å². The van der Waals surface area contributed by atoms with E-state index in [9.17, 15) is 0 Å². The molecule has 2 aliphatic rings. The molecule has 0 amide bonds. The Bertz CT molecular complexity index is 710. The fourth-order valence-corrected chi connectivity index (χ4v) is 5.01. The fraction of sp³-hybridized carbons (Fsp3) is 0.368. The van der Waals surface area contributed by atoms with Crippen molar-refractivity contribution in [2.45, 2.75) is 22.3 Å². The van der Waals surface area contributed by atoms with Crippen LogP contribution < -0.4 is 0 Å². The van der Waals surface area contributed by atoms with Gasteiger partial charge >= 0.3 is 0 Å². The summed E-state index contributed by atoms with van der Waals surface area (Å²) in [6, 6.07) is 15.6. The van der Waals surface area contributed by atoms with E-state index < -0.39 is 0 Å². The molecule has 4 heteroatoms. The third-order valence-electron chi connectivity index (χ3n) is 4.93. The molecule has 0 spiro atoms. The Morgan fingerprint density at radius 2 is 1.78 bits per heavy atom. The normalized spacial score (nSPS) is 22.3. The van der Waals surface area contributed by atoms with Gasteiger partial charge in [-0.1, -0.05) is 53.7 Å². The highest BCUT2D eigenvalue weighted by Crippen LogP contribution is 2.45. The number of fused-ring (bicyclic) bond motifs is 2. The molecule has 2 aliphatic heterocycles. The Kier molecular flexibility index (Phi) is 4.37. The molecule has 2 aromatic rings. The summed E-state index contributed by atoms with van der Waals surface area (Å²) in [6.07, 6.45) is 1.05. The van der Waals surface area contributed by atoms with Crippen LogP contribution in [-0.2, 0) is 6.42 Å². The van der Waals surface area contributed by atoms with Crippen LogP contribution in [0.5, 0.6) is 0 Å². The van der Waals surface area contributed by atoms with E-state index in [2.05, 4.69) is 53.2 Å². The zero-order chi connectivity index (χ0) is 15.8. The minimum absolute atomic E-state index is 0.451. The zero-order valence-electron chi connectivity index (χ0n) is 13.3. The van der Waals surface area contributed by atoms with E-state index >= 15 is 0 Å². The first-order valence-electron chi connectivity index (χ1n) is 8.19. The molecule has 0 aromatic heterocycles. The van der Waals surface area contributed by atoms with Gasteiger partial charge in [0.05, 0.1) is 5.02 Å². The fourth-order valence-electron chi connectivity index (χ4n) is 3.56. The number of piperazine rings is 1. The second-order valence-electron chi connectivity index (χ2n) is 6.43. The lowest BCUT2D eigenvalue weighted by molar-refractivity contribution is 0.110. The number of hydrogen-bond donors (Lipinski definition) is 0. The first kappa shape index (κ1) is 15.5. The van der Waals surface area contributed by atoms with E-state index in [1.807, 2.05) is 17.8 Å². The van der Waals surface area contributed by atoms with E-state index in [1.165, 1.54) is 20.9 Å². The molecule has 120 valence electrons. The van der Waals surface area contributed by atoms with Crippen molar-refractivity contribution >= 4 is 23.4 Å². The van der Waals surface area contributed by atoms with Crippen LogP contribution in [-0.4, -0.2) is 43.0 Å². The number of benzene rings is 2. The molecule has 2 aromatic carbocycles. The smallest absolute Gasteiger partial charge is 0.0548 e. The average molecular weight is 345 g/mol. The van der Waals surface area contributed by atoms with Crippen LogP contribution in [0.1, 0.15) is 17.2 Å². The average Bonchev–Trinajstić information content (AvgIpc) is 2.74. The van der Waals surface area contributed by atoms with Gasteiger partial charge in [-0.15, -0.1) is 0 Å². The third-order valence-corrected chi connectivity index (χ3v) is 6.64. The maximum Gasteiger partial charge on any atom is 0.0548 e. The van der Waals surface area contributed by atoms with Crippen molar-refractivity contribution in [1.82, 2.24) is 9.80 Å². The first-order chi connectivity index (χ1) is 11.2. The second kappa shape index (κ2) is 6.48. The van der Waals surface area contributed by atoms with Gasteiger partial charge in [-0.25, -0.2) is 0 Å². The third kappa shape index (κ3) is 3.03. The monoisotopic (exact) mass is 344 g/mol. The van der Waals surface area contributed by atoms with Crippen LogP contribution in [0.3, 0.4) is 0 Å². The van der Waals surface area contributed by atoms with E-state index in [4.69, 9.17) is 11.6 Å². The summed E-state index contributed by atoms with van der Waals surface area (Å²) in [5, 5.41) is 0.876. The largest absolute Gasteiger partial charge is 0.304 e. The summed E-state index contributed by atoms with van der Waals surface area (Å²) in [7, 11) is 2.21. The zero-order valence-corrected chi connectivity index (χ0v) is 14.9. The molecular weight excluding hydrogens is 324 g/mol. The van der Waals surface area contributed by atoms with Gasteiger partial charge in [-0.05, 0) is 36.7 Å². The Balaban J connectivity index is 1.76. The summed E-state index contributed by atoms with van der Waals surface area (Å²) in [5.41, 5.74) is 2.83. The molecule has 0 radical (unpaired) electrons. The summed E-state index contributed by atoms with van der Waals surface area (Å²) in [6.45, 7) is 4.56. The van der Waals surface area contributed by atoms with Crippen LogP contribution in [0, 0.1) is 0 Å². The Hall–Kier alpha value is -1.00. The van der Waals surface area contributed by atoms with Gasteiger partial charge in [0.15, 0.2) is 0 Å². The van der Waals surface area contributed by atoms with Crippen molar-refractivity contribution in [3.8, 4) is 0 Å². The van der Waals surface area contributed by atoms with Gasteiger partial charge < -0.3 is 4.90 Å². The molecule has 2 heterocycles. The van der Waals surface area contributed by atoms with Crippen molar-refractivity contribution in [3.63, 3.8) is 0 Å². The SMILES string of the molecule is CN1CCN(C2Cc3cccc(Cl)c3Sc3ccccc32)CC1. The van der Waals surface area contributed by atoms with Gasteiger partial charge in [0.1, 0.15) is 0 Å². The molecule has 1 unspecified atom stereocenters. The van der Waals surface area contributed by atoms with Crippen molar-refractivity contribution in [3.05, 3.63) is 58.6 Å². The van der Waals surface area contributed by atoms with Crippen LogP contribution in [0.25, 0.3) is 0 Å². The number of nitrogens with zero attached hydrogens (tertiary/aromatic N) is 2. The van der Waals surface area contributed by atoms with Gasteiger partial charge in [0.25, 0.3) is 0 Å². The highest BCUT2D eigenvalue weighted by atomic mass is 35.5. The summed E-state index contributed by atoms with van der Waals surface area (Å²) in [5.74, 6) is 0. The Morgan fingerprint density at radius 1 is 1.00 bits per heavy atom. The number of hydrogen-bond acceptors (Lipinski definition) is 3. The van der Waals surface area contributed by atoms with E-state index in [-0.39, 0.29) is 0 Å². The highest BCUT2D eigenvalue weighted by molar-refractivity contribution is 7.99. The molecule has 1 saturated heterocycles. The van der Waals surface area contributed by atoms with Gasteiger partial charge in [-0.3, -0.25) is 4.90 Å². The predicted molar refractivity (Wildman–Crippen MR) is 97.5 cm³/mol.